The summed E-state index contributed by atoms with van der Waals surface area (Å²) in [6.07, 6.45) is 0.949. The number of carboxylic acids is 1. The maximum Gasteiger partial charge on any atom is 0.340 e. The second kappa shape index (κ2) is 5.25. The zero-order valence-corrected chi connectivity index (χ0v) is 12.6. The Morgan fingerprint density at radius 3 is 2.80 bits per heavy atom. The molecule has 7 nitrogen and oxygen atoms in total. The van der Waals surface area contributed by atoms with Crippen LogP contribution in [0, 0.1) is 6.92 Å². The second-order valence-electron chi connectivity index (χ2n) is 3.98. The van der Waals surface area contributed by atoms with Crippen LogP contribution in [0.3, 0.4) is 0 Å². The summed E-state index contributed by atoms with van der Waals surface area (Å²) in [5.41, 5.74) is 0.642. The minimum absolute atomic E-state index is 0.352. The van der Waals surface area contributed by atoms with Crippen molar-refractivity contribution in [3.63, 3.8) is 0 Å². The minimum Gasteiger partial charge on any atom is -0.478 e. The van der Waals surface area contributed by atoms with E-state index in [1.807, 2.05) is 0 Å². The molecule has 1 aromatic heterocycles. The molecular formula is C11H10BrN3O4S. The van der Waals surface area contributed by atoms with Gasteiger partial charge >= 0.3 is 5.97 Å². The molecule has 0 atom stereocenters. The van der Waals surface area contributed by atoms with Crippen LogP contribution in [0.2, 0.25) is 0 Å². The molecule has 0 aliphatic carbocycles. The Hall–Kier alpha value is -1.87. The molecule has 1 aromatic carbocycles. The lowest BCUT2D eigenvalue weighted by Crippen LogP contribution is -2.17. The normalized spacial score (nSPS) is 11.3. The van der Waals surface area contributed by atoms with Crippen LogP contribution in [0.5, 0.6) is 0 Å². The van der Waals surface area contributed by atoms with Crippen molar-refractivity contribution in [2.75, 3.05) is 4.72 Å². The number of aromatic amines is 1. The van der Waals surface area contributed by atoms with Crippen molar-refractivity contribution in [2.45, 2.75) is 11.9 Å². The molecule has 0 fully saturated rings. The number of benzene rings is 1. The van der Waals surface area contributed by atoms with Gasteiger partial charge in [-0.05, 0) is 24.6 Å². The average Bonchev–Trinajstić information content (AvgIpc) is 2.83. The Labute approximate surface area is 123 Å². The highest BCUT2D eigenvalue weighted by Gasteiger charge is 2.25. The first-order valence-electron chi connectivity index (χ1n) is 5.37. The van der Waals surface area contributed by atoms with Crippen LogP contribution in [0.4, 0.5) is 5.69 Å². The maximum absolute atomic E-state index is 12.2. The molecule has 20 heavy (non-hydrogen) atoms. The number of aryl methyl sites for hydroxylation is 1. The van der Waals surface area contributed by atoms with Crippen molar-refractivity contribution in [1.29, 1.82) is 0 Å². The van der Waals surface area contributed by atoms with E-state index in [0.29, 0.717) is 15.7 Å². The Morgan fingerprint density at radius 2 is 2.15 bits per heavy atom. The van der Waals surface area contributed by atoms with E-state index in [-0.39, 0.29) is 0 Å². The highest BCUT2D eigenvalue weighted by Crippen LogP contribution is 2.24. The summed E-state index contributed by atoms with van der Waals surface area (Å²) in [5, 5.41) is 14.1. The molecule has 3 N–H and O–H groups in total. The third-order valence-electron chi connectivity index (χ3n) is 2.55. The van der Waals surface area contributed by atoms with E-state index in [1.54, 1.807) is 25.1 Å². The van der Waals surface area contributed by atoms with Crippen LogP contribution in [0.25, 0.3) is 0 Å². The minimum atomic E-state index is -4.05. The third kappa shape index (κ3) is 2.83. The van der Waals surface area contributed by atoms with Gasteiger partial charge in [0.1, 0.15) is 5.56 Å². The summed E-state index contributed by atoms with van der Waals surface area (Å²) in [6, 6.07) is 5.09. The van der Waals surface area contributed by atoms with Crippen molar-refractivity contribution in [3.05, 3.63) is 40.0 Å². The molecule has 0 aliphatic heterocycles. The first-order valence-corrected chi connectivity index (χ1v) is 7.64. The van der Waals surface area contributed by atoms with Crippen LogP contribution >= 0.6 is 15.9 Å². The van der Waals surface area contributed by atoms with Crippen molar-refractivity contribution in [3.8, 4) is 0 Å². The van der Waals surface area contributed by atoms with E-state index in [2.05, 4.69) is 30.8 Å². The number of anilines is 1. The molecule has 0 aliphatic rings. The molecule has 0 saturated carbocycles. The van der Waals surface area contributed by atoms with E-state index >= 15 is 0 Å². The zero-order chi connectivity index (χ0) is 14.9. The Kier molecular flexibility index (Phi) is 3.82. The number of halogens is 1. The first-order chi connectivity index (χ1) is 9.31. The Balaban J connectivity index is 2.44. The molecule has 106 valence electrons. The number of hydrogen-bond acceptors (Lipinski definition) is 4. The van der Waals surface area contributed by atoms with Crippen molar-refractivity contribution in [1.82, 2.24) is 10.2 Å². The van der Waals surface area contributed by atoms with Gasteiger partial charge in [-0.15, -0.1) is 0 Å². The molecule has 2 rings (SSSR count). The monoisotopic (exact) mass is 359 g/mol. The standard InChI is InChI=1S/C11H10BrN3O4S/c1-6-2-3-7(12)4-9(6)15-20(18,19)10-8(11(16)17)5-13-14-10/h2-5,15H,1H3,(H,13,14)(H,16,17). The van der Waals surface area contributed by atoms with Crippen LogP contribution < -0.4 is 4.72 Å². The summed E-state index contributed by atoms with van der Waals surface area (Å²) in [6.45, 7) is 1.73. The van der Waals surface area contributed by atoms with Crippen molar-refractivity contribution in [2.24, 2.45) is 0 Å². The number of nitrogens with one attached hydrogen (secondary N) is 2. The largest absolute Gasteiger partial charge is 0.478 e. The van der Waals surface area contributed by atoms with Gasteiger partial charge in [-0.3, -0.25) is 9.82 Å². The number of carboxylic acid groups (broad SMARTS) is 1. The summed E-state index contributed by atoms with van der Waals surface area (Å²) in [4.78, 5) is 10.9. The summed E-state index contributed by atoms with van der Waals surface area (Å²) >= 11 is 3.24. The highest BCUT2D eigenvalue weighted by atomic mass is 79.9. The van der Waals surface area contributed by atoms with E-state index in [9.17, 15) is 13.2 Å². The fourth-order valence-corrected chi connectivity index (χ4v) is 3.11. The number of rotatable bonds is 4. The van der Waals surface area contributed by atoms with Crippen molar-refractivity contribution >= 4 is 37.6 Å². The molecular weight excluding hydrogens is 350 g/mol. The third-order valence-corrected chi connectivity index (χ3v) is 4.38. The van der Waals surface area contributed by atoms with Gasteiger partial charge in [-0.2, -0.15) is 13.5 Å². The lowest BCUT2D eigenvalue weighted by atomic mass is 10.2. The first kappa shape index (κ1) is 14.5. The van der Waals surface area contributed by atoms with Crippen LogP contribution in [-0.4, -0.2) is 29.7 Å². The predicted octanol–water partition coefficient (Wildman–Crippen LogP) is 1.98. The predicted molar refractivity (Wildman–Crippen MR) is 75.2 cm³/mol. The molecule has 0 unspecified atom stereocenters. The zero-order valence-electron chi connectivity index (χ0n) is 10.2. The number of aromatic carboxylic acids is 1. The van der Waals surface area contributed by atoms with Crippen LogP contribution in [-0.2, 0) is 10.0 Å². The highest BCUT2D eigenvalue weighted by molar-refractivity contribution is 9.10. The quantitative estimate of drug-likeness (QED) is 0.772. The maximum atomic E-state index is 12.2. The number of carbonyl (C=O) groups is 1. The number of hydrogen-bond donors (Lipinski definition) is 3. The molecule has 0 bridgehead atoms. The van der Waals surface area contributed by atoms with Gasteiger partial charge in [0.05, 0.1) is 11.9 Å². The van der Waals surface area contributed by atoms with E-state index in [0.717, 1.165) is 6.20 Å². The molecule has 0 saturated heterocycles. The number of H-pyrrole nitrogens is 1. The van der Waals surface area contributed by atoms with Gasteiger partial charge in [0.2, 0.25) is 0 Å². The van der Waals surface area contributed by atoms with E-state index < -0.39 is 26.6 Å². The molecule has 0 spiro atoms. The van der Waals surface area contributed by atoms with Gasteiger partial charge in [0, 0.05) is 4.47 Å². The molecule has 0 amide bonds. The number of sulfonamides is 1. The molecule has 0 radical (unpaired) electrons. The van der Waals surface area contributed by atoms with Crippen molar-refractivity contribution < 1.29 is 18.3 Å². The lowest BCUT2D eigenvalue weighted by molar-refractivity contribution is 0.0692. The van der Waals surface area contributed by atoms with E-state index in [1.165, 1.54) is 0 Å². The smallest absolute Gasteiger partial charge is 0.340 e. The second-order valence-corrected chi connectivity index (χ2v) is 6.52. The lowest BCUT2D eigenvalue weighted by Gasteiger charge is -2.10. The fraction of sp³-hybridized carbons (Fsp3) is 0.0909. The fourth-order valence-electron chi connectivity index (χ4n) is 1.53. The number of nitrogens with zero attached hydrogens (tertiary/aromatic N) is 1. The molecule has 2 aromatic rings. The summed E-state index contributed by atoms with van der Waals surface area (Å²) in [7, 11) is -4.05. The van der Waals surface area contributed by atoms with Gasteiger partial charge in [0.15, 0.2) is 5.03 Å². The van der Waals surface area contributed by atoms with Gasteiger partial charge in [-0.25, -0.2) is 4.79 Å². The van der Waals surface area contributed by atoms with Gasteiger partial charge in [0.25, 0.3) is 10.0 Å². The Bertz CT molecular complexity index is 770. The number of aromatic nitrogens is 2. The SMILES string of the molecule is Cc1ccc(Br)cc1NS(=O)(=O)c1[nH]ncc1C(=O)O. The molecule has 1 heterocycles. The van der Waals surface area contributed by atoms with Gasteiger partial charge in [-0.1, -0.05) is 22.0 Å². The Morgan fingerprint density at radius 1 is 1.45 bits per heavy atom. The molecule has 9 heteroatoms. The average molecular weight is 360 g/mol. The van der Waals surface area contributed by atoms with E-state index in [4.69, 9.17) is 5.11 Å². The van der Waals surface area contributed by atoms with Gasteiger partial charge < -0.3 is 5.11 Å². The summed E-state index contributed by atoms with van der Waals surface area (Å²) < 4.78 is 27.4. The van der Waals surface area contributed by atoms with Crippen LogP contribution in [0.1, 0.15) is 15.9 Å². The van der Waals surface area contributed by atoms with Crippen LogP contribution in [0.15, 0.2) is 33.9 Å². The topological polar surface area (TPSA) is 112 Å². The summed E-state index contributed by atoms with van der Waals surface area (Å²) in [5.74, 6) is -1.37.